The van der Waals surface area contributed by atoms with Crippen LogP contribution < -0.4 is 0 Å². The topological polar surface area (TPSA) is 17.1 Å². The third-order valence-corrected chi connectivity index (χ3v) is 2.32. The monoisotopic (exact) mass is 228 g/mol. The normalized spacial score (nSPS) is 13.5. The summed E-state index contributed by atoms with van der Waals surface area (Å²) in [4.78, 5) is 10.8. The van der Waals surface area contributed by atoms with Crippen molar-refractivity contribution in [2.45, 2.75) is 52.3 Å². The van der Waals surface area contributed by atoms with E-state index in [9.17, 15) is 4.79 Å². The Hall–Kier alpha value is -0.560. The molecule has 1 atom stereocenters. The van der Waals surface area contributed by atoms with Gasteiger partial charge in [-0.1, -0.05) is 23.3 Å². The summed E-state index contributed by atoms with van der Waals surface area (Å²) >= 11 is 6.00. The summed E-state index contributed by atoms with van der Waals surface area (Å²) in [5, 5.41) is -0.144. The van der Waals surface area contributed by atoms with Crippen LogP contribution in [0.15, 0.2) is 23.3 Å². The van der Waals surface area contributed by atoms with Gasteiger partial charge in [0.1, 0.15) is 5.78 Å². The molecular formula is C13H21ClO. The van der Waals surface area contributed by atoms with Crippen LogP contribution in [0.5, 0.6) is 0 Å². The summed E-state index contributed by atoms with van der Waals surface area (Å²) in [7, 11) is 0. The van der Waals surface area contributed by atoms with Crippen LogP contribution in [0.2, 0.25) is 0 Å². The van der Waals surface area contributed by atoms with Gasteiger partial charge in [-0.05, 0) is 40.5 Å². The number of alkyl halides is 1. The van der Waals surface area contributed by atoms with Crippen LogP contribution >= 0.6 is 11.6 Å². The fourth-order valence-electron chi connectivity index (χ4n) is 1.31. The minimum absolute atomic E-state index is 0.142. The second-order valence-corrected chi connectivity index (χ2v) is 4.82. The molecule has 0 aliphatic heterocycles. The number of halogens is 1. The van der Waals surface area contributed by atoms with Crippen LogP contribution in [0.1, 0.15) is 47.0 Å². The highest BCUT2D eigenvalue weighted by Crippen LogP contribution is 2.12. The second kappa shape index (κ2) is 7.70. The van der Waals surface area contributed by atoms with Crippen LogP contribution in [0, 0.1) is 0 Å². The highest BCUT2D eigenvalue weighted by atomic mass is 35.5. The van der Waals surface area contributed by atoms with Crippen molar-refractivity contribution in [1.29, 1.82) is 0 Å². The first-order valence-electron chi connectivity index (χ1n) is 5.36. The molecule has 0 heterocycles. The van der Waals surface area contributed by atoms with Crippen LogP contribution in [0.4, 0.5) is 0 Å². The van der Waals surface area contributed by atoms with Gasteiger partial charge in [0.2, 0.25) is 0 Å². The smallest absolute Gasteiger partial charge is 0.131 e. The summed E-state index contributed by atoms with van der Waals surface area (Å²) in [6.45, 7) is 7.83. The van der Waals surface area contributed by atoms with E-state index in [1.165, 1.54) is 11.1 Å². The molecule has 0 N–H and O–H groups in total. The van der Waals surface area contributed by atoms with E-state index in [2.05, 4.69) is 26.8 Å². The average molecular weight is 229 g/mol. The molecule has 86 valence electrons. The van der Waals surface area contributed by atoms with Gasteiger partial charge >= 0.3 is 0 Å². The number of allylic oxidation sites excluding steroid dienone is 4. The number of carbonyl (C=O) groups excluding carboxylic acids is 1. The van der Waals surface area contributed by atoms with E-state index in [1.807, 2.05) is 6.08 Å². The van der Waals surface area contributed by atoms with Gasteiger partial charge < -0.3 is 0 Å². The number of Topliss-reactive ketones (excluding diaryl/α,β-unsaturated/α-hetero) is 1. The van der Waals surface area contributed by atoms with Gasteiger partial charge in [0, 0.05) is 6.42 Å². The molecule has 0 saturated carbocycles. The van der Waals surface area contributed by atoms with Gasteiger partial charge in [0.25, 0.3) is 0 Å². The highest BCUT2D eigenvalue weighted by molar-refractivity contribution is 6.22. The lowest BCUT2D eigenvalue weighted by atomic mass is 10.1. The quantitative estimate of drug-likeness (QED) is 0.490. The average Bonchev–Trinajstić information content (AvgIpc) is 2.00. The lowest BCUT2D eigenvalue weighted by Gasteiger charge is -2.04. The van der Waals surface area contributed by atoms with E-state index in [0.717, 1.165) is 12.8 Å². The molecule has 1 nitrogen and oxygen atoms in total. The van der Waals surface area contributed by atoms with Crippen molar-refractivity contribution < 1.29 is 4.79 Å². The zero-order valence-electron chi connectivity index (χ0n) is 10.1. The number of hydrogen-bond donors (Lipinski definition) is 0. The summed E-state index contributed by atoms with van der Waals surface area (Å²) in [5.74, 6) is 0.142. The number of hydrogen-bond acceptors (Lipinski definition) is 1. The first-order valence-corrected chi connectivity index (χ1v) is 5.79. The molecule has 0 rings (SSSR count). The Labute approximate surface area is 98.2 Å². The molecule has 0 aliphatic carbocycles. The molecule has 0 amide bonds. The molecule has 0 aromatic rings. The van der Waals surface area contributed by atoms with Crippen molar-refractivity contribution in [3.05, 3.63) is 23.3 Å². The Bertz CT molecular complexity index is 260. The van der Waals surface area contributed by atoms with Gasteiger partial charge in [-0.25, -0.2) is 0 Å². The largest absolute Gasteiger partial charge is 0.300 e. The molecule has 1 unspecified atom stereocenters. The molecular weight excluding hydrogens is 208 g/mol. The van der Waals surface area contributed by atoms with E-state index in [0.29, 0.717) is 6.42 Å². The van der Waals surface area contributed by atoms with Crippen LogP contribution in [-0.4, -0.2) is 11.2 Å². The van der Waals surface area contributed by atoms with E-state index in [-0.39, 0.29) is 11.2 Å². The number of rotatable bonds is 6. The van der Waals surface area contributed by atoms with Crippen LogP contribution in [0.25, 0.3) is 0 Å². The van der Waals surface area contributed by atoms with Crippen LogP contribution in [-0.2, 0) is 4.79 Å². The molecule has 2 heteroatoms. The van der Waals surface area contributed by atoms with E-state index < -0.39 is 0 Å². The van der Waals surface area contributed by atoms with E-state index >= 15 is 0 Å². The number of carbonyl (C=O) groups is 1. The molecule has 0 bridgehead atoms. The Kier molecular flexibility index (Phi) is 7.41. The summed E-state index contributed by atoms with van der Waals surface area (Å²) in [6.07, 6.45) is 6.70. The van der Waals surface area contributed by atoms with Gasteiger partial charge in [-0.2, -0.15) is 0 Å². The van der Waals surface area contributed by atoms with E-state index in [1.54, 1.807) is 6.92 Å². The predicted molar refractivity (Wildman–Crippen MR) is 67.4 cm³/mol. The molecule has 0 aliphatic rings. The highest BCUT2D eigenvalue weighted by Gasteiger charge is 2.04. The van der Waals surface area contributed by atoms with Crippen molar-refractivity contribution in [3.63, 3.8) is 0 Å². The third-order valence-electron chi connectivity index (χ3n) is 2.04. The lowest BCUT2D eigenvalue weighted by Crippen LogP contribution is -2.02. The fraction of sp³-hybridized carbons (Fsp3) is 0.615. The molecule has 0 fully saturated rings. The van der Waals surface area contributed by atoms with Crippen LogP contribution in [0.3, 0.4) is 0 Å². The van der Waals surface area contributed by atoms with Gasteiger partial charge in [-0.15, -0.1) is 11.6 Å². The molecule has 0 spiro atoms. The van der Waals surface area contributed by atoms with Crippen molar-refractivity contribution >= 4 is 17.4 Å². The SMILES string of the molecule is CC(=O)CC(Cl)/C=C(\C)CCC=C(C)C. The molecule has 0 aromatic heterocycles. The minimum atomic E-state index is -0.144. The van der Waals surface area contributed by atoms with Crippen molar-refractivity contribution in [2.75, 3.05) is 0 Å². The molecule has 0 saturated heterocycles. The summed E-state index contributed by atoms with van der Waals surface area (Å²) < 4.78 is 0. The van der Waals surface area contributed by atoms with Gasteiger partial charge in [0.15, 0.2) is 0 Å². The maximum Gasteiger partial charge on any atom is 0.131 e. The van der Waals surface area contributed by atoms with Crippen molar-refractivity contribution in [3.8, 4) is 0 Å². The Morgan fingerprint density at radius 3 is 2.33 bits per heavy atom. The zero-order valence-corrected chi connectivity index (χ0v) is 10.9. The van der Waals surface area contributed by atoms with Gasteiger partial charge in [0.05, 0.1) is 5.38 Å². The Balaban J connectivity index is 3.97. The molecule has 0 radical (unpaired) electrons. The second-order valence-electron chi connectivity index (χ2n) is 4.26. The Morgan fingerprint density at radius 1 is 1.27 bits per heavy atom. The van der Waals surface area contributed by atoms with E-state index in [4.69, 9.17) is 11.6 Å². The first kappa shape index (κ1) is 14.4. The summed E-state index contributed by atoms with van der Waals surface area (Å²) in [6, 6.07) is 0. The summed E-state index contributed by atoms with van der Waals surface area (Å²) in [5.41, 5.74) is 2.60. The predicted octanol–water partition coefficient (Wildman–Crippen LogP) is 4.27. The molecule has 0 aromatic carbocycles. The van der Waals surface area contributed by atoms with Crippen molar-refractivity contribution in [2.24, 2.45) is 0 Å². The Morgan fingerprint density at radius 2 is 1.87 bits per heavy atom. The van der Waals surface area contributed by atoms with Gasteiger partial charge in [-0.3, -0.25) is 4.79 Å². The number of ketones is 1. The molecule has 15 heavy (non-hydrogen) atoms. The lowest BCUT2D eigenvalue weighted by molar-refractivity contribution is -0.116. The maximum absolute atomic E-state index is 10.8. The van der Waals surface area contributed by atoms with Crippen molar-refractivity contribution in [1.82, 2.24) is 0 Å². The minimum Gasteiger partial charge on any atom is -0.300 e. The first-order chi connectivity index (χ1) is 6.91. The standard InChI is InChI=1S/C13H21ClO/c1-10(2)6-5-7-11(3)8-13(14)9-12(4)15/h6,8,13H,5,7,9H2,1-4H3/b11-8+. The third kappa shape index (κ3) is 9.74. The zero-order chi connectivity index (χ0) is 11.8. The maximum atomic E-state index is 10.8. The fourth-order valence-corrected chi connectivity index (χ4v) is 1.75.